The lowest BCUT2D eigenvalue weighted by Crippen LogP contribution is -2.50. The van der Waals surface area contributed by atoms with Crippen molar-refractivity contribution in [3.63, 3.8) is 0 Å². The minimum atomic E-state index is -0.0796. The maximum Gasteiger partial charge on any atom is 0.308 e. The van der Waals surface area contributed by atoms with Crippen molar-refractivity contribution in [2.75, 3.05) is 47.9 Å². The van der Waals surface area contributed by atoms with Crippen LogP contribution in [0.2, 0.25) is 0 Å². The molecule has 0 aromatic rings. The summed E-state index contributed by atoms with van der Waals surface area (Å²) < 4.78 is 4.84. The van der Waals surface area contributed by atoms with E-state index in [-0.39, 0.29) is 35.9 Å². The van der Waals surface area contributed by atoms with Crippen molar-refractivity contribution in [2.24, 2.45) is 16.8 Å². The summed E-state index contributed by atoms with van der Waals surface area (Å²) >= 11 is 0. The average molecular weight is 438 g/mol. The molecule has 2 fully saturated rings. The summed E-state index contributed by atoms with van der Waals surface area (Å²) in [5.74, 6) is 1.74. The third-order valence-electron chi connectivity index (χ3n) is 4.84. The van der Waals surface area contributed by atoms with Crippen LogP contribution in [0.4, 0.5) is 0 Å². The molecule has 134 valence electrons. The first-order valence-corrected chi connectivity index (χ1v) is 8.26. The van der Waals surface area contributed by atoms with E-state index >= 15 is 0 Å². The molecule has 0 radical (unpaired) electrons. The Balaban J connectivity index is 0.00000264. The second-order valence-corrected chi connectivity index (χ2v) is 6.58. The Bertz CT molecular complexity index is 403. The van der Waals surface area contributed by atoms with Gasteiger partial charge in [-0.2, -0.15) is 0 Å². The number of hydrogen-bond acceptors (Lipinski definition) is 4. The molecule has 2 rings (SSSR count). The highest BCUT2D eigenvalue weighted by Crippen LogP contribution is 2.34. The Labute approximate surface area is 157 Å². The molecule has 6 nitrogen and oxygen atoms in total. The molecule has 1 unspecified atom stereocenters. The summed E-state index contributed by atoms with van der Waals surface area (Å²) in [6, 6.07) is 0.573. The van der Waals surface area contributed by atoms with Crippen molar-refractivity contribution < 1.29 is 9.53 Å². The lowest BCUT2D eigenvalue weighted by molar-refractivity contribution is -0.146. The number of ether oxygens (including phenoxy) is 1. The van der Waals surface area contributed by atoms with Crippen LogP contribution in [0.3, 0.4) is 0 Å². The van der Waals surface area contributed by atoms with Crippen molar-refractivity contribution >= 4 is 35.9 Å². The molecule has 0 bridgehead atoms. The highest BCUT2D eigenvalue weighted by Gasteiger charge is 2.33. The van der Waals surface area contributed by atoms with E-state index in [2.05, 4.69) is 34.2 Å². The first-order valence-electron chi connectivity index (χ1n) is 8.26. The number of hydrogen-bond donors (Lipinski definition) is 1. The minimum absolute atomic E-state index is 0. The van der Waals surface area contributed by atoms with E-state index < -0.39 is 0 Å². The second-order valence-electron chi connectivity index (χ2n) is 6.58. The molecule has 7 heteroatoms. The lowest BCUT2D eigenvalue weighted by atomic mass is 9.97. The molecule has 0 aromatic carbocycles. The Morgan fingerprint density at radius 1 is 1.30 bits per heavy atom. The Morgan fingerprint density at radius 3 is 2.35 bits per heavy atom. The summed E-state index contributed by atoms with van der Waals surface area (Å²) in [4.78, 5) is 20.6. The molecule has 1 aliphatic carbocycles. The number of methoxy groups -OCH3 is 1. The molecular formula is C16H31IN4O2. The fraction of sp³-hybridized carbons (Fsp3) is 0.875. The van der Waals surface area contributed by atoms with Gasteiger partial charge in [0.2, 0.25) is 0 Å². The second kappa shape index (κ2) is 9.66. The summed E-state index contributed by atoms with van der Waals surface area (Å²) in [6.45, 7) is 2.65. The van der Waals surface area contributed by atoms with Gasteiger partial charge in [-0.05, 0) is 45.7 Å². The summed E-state index contributed by atoms with van der Waals surface area (Å²) in [5.41, 5.74) is 0. The molecule has 0 aromatic heterocycles. The standard InChI is InChI=1S/C16H30N4O2.HI/c1-17-16(18-11-14(19(2)3)12-5-6-12)20-9-7-13(8-10-20)15(21)22-4;/h12-14H,5-11H2,1-4H3,(H,17,18);1H. The molecule has 1 aliphatic heterocycles. The number of esters is 1. The predicted molar refractivity (Wildman–Crippen MR) is 103 cm³/mol. The SMILES string of the molecule is CN=C(NCC(C1CC1)N(C)C)N1CCC(C(=O)OC)CC1.I. The fourth-order valence-corrected chi connectivity index (χ4v) is 3.27. The van der Waals surface area contributed by atoms with Crippen molar-refractivity contribution in [1.82, 2.24) is 15.1 Å². The number of rotatable bonds is 5. The highest BCUT2D eigenvalue weighted by atomic mass is 127. The van der Waals surface area contributed by atoms with Crippen molar-refractivity contribution in [3.8, 4) is 0 Å². The monoisotopic (exact) mass is 438 g/mol. The van der Waals surface area contributed by atoms with Crippen LogP contribution in [0, 0.1) is 11.8 Å². The minimum Gasteiger partial charge on any atom is -0.469 e. The van der Waals surface area contributed by atoms with E-state index in [1.807, 2.05) is 7.05 Å². The van der Waals surface area contributed by atoms with Crippen LogP contribution in [-0.2, 0) is 9.53 Å². The van der Waals surface area contributed by atoms with Crippen molar-refractivity contribution in [2.45, 2.75) is 31.7 Å². The zero-order valence-corrected chi connectivity index (χ0v) is 17.1. The van der Waals surface area contributed by atoms with Gasteiger partial charge >= 0.3 is 5.97 Å². The average Bonchev–Trinajstić information content (AvgIpc) is 3.35. The third kappa shape index (κ3) is 5.77. The normalized spacial score (nSPS) is 20.9. The molecule has 1 N–H and O–H groups in total. The van der Waals surface area contributed by atoms with Gasteiger partial charge in [0, 0.05) is 32.7 Å². The molecule has 2 aliphatic rings. The van der Waals surface area contributed by atoms with Crippen LogP contribution >= 0.6 is 24.0 Å². The quantitative estimate of drug-likeness (QED) is 0.305. The van der Waals surface area contributed by atoms with Gasteiger partial charge in [0.25, 0.3) is 0 Å². The number of nitrogens with zero attached hydrogens (tertiary/aromatic N) is 3. The zero-order chi connectivity index (χ0) is 16.1. The first kappa shape index (κ1) is 20.5. The number of nitrogens with one attached hydrogen (secondary N) is 1. The number of guanidine groups is 1. The molecule has 0 spiro atoms. The molecule has 23 heavy (non-hydrogen) atoms. The van der Waals surface area contributed by atoms with E-state index in [0.717, 1.165) is 44.4 Å². The number of halogens is 1. The number of likely N-dealkylation sites (N-methyl/N-ethyl adjacent to an activating group) is 1. The van der Waals surface area contributed by atoms with Crippen molar-refractivity contribution in [1.29, 1.82) is 0 Å². The summed E-state index contributed by atoms with van der Waals surface area (Å²) in [5, 5.41) is 3.52. The third-order valence-corrected chi connectivity index (χ3v) is 4.84. The van der Waals surface area contributed by atoms with E-state index in [1.165, 1.54) is 20.0 Å². The van der Waals surface area contributed by atoms with Crippen LogP contribution in [0.1, 0.15) is 25.7 Å². The Hall–Kier alpha value is -0.570. The van der Waals surface area contributed by atoms with Crippen LogP contribution in [0.5, 0.6) is 0 Å². The topological polar surface area (TPSA) is 57.2 Å². The van der Waals surface area contributed by atoms with Gasteiger partial charge in [-0.25, -0.2) is 0 Å². The van der Waals surface area contributed by atoms with Crippen LogP contribution in [-0.4, -0.2) is 75.7 Å². The van der Waals surface area contributed by atoms with Crippen LogP contribution in [0.15, 0.2) is 4.99 Å². The molecule has 1 saturated carbocycles. The van der Waals surface area contributed by atoms with Gasteiger partial charge < -0.3 is 19.9 Å². The van der Waals surface area contributed by atoms with Gasteiger partial charge in [-0.1, -0.05) is 0 Å². The van der Waals surface area contributed by atoms with Crippen LogP contribution in [0.25, 0.3) is 0 Å². The Morgan fingerprint density at radius 2 is 1.91 bits per heavy atom. The van der Waals surface area contributed by atoms with Crippen LogP contribution < -0.4 is 5.32 Å². The smallest absolute Gasteiger partial charge is 0.308 e. The maximum atomic E-state index is 11.6. The highest BCUT2D eigenvalue weighted by molar-refractivity contribution is 14.0. The van der Waals surface area contributed by atoms with Gasteiger partial charge in [-0.3, -0.25) is 9.79 Å². The van der Waals surface area contributed by atoms with E-state index in [0.29, 0.717) is 6.04 Å². The van der Waals surface area contributed by atoms with Crippen molar-refractivity contribution in [3.05, 3.63) is 0 Å². The number of carbonyl (C=O) groups is 1. The summed E-state index contributed by atoms with van der Waals surface area (Å²) in [7, 11) is 7.59. The number of aliphatic imine (C=N–C) groups is 1. The largest absolute Gasteiger partial charge is 0.469 e. The van der Waals surface area contributed by atoms with Gasteiger partial charge in [0.05, 0.1) is 13.0 Å². The van der Waals surface area contributed by atoms with E-state index in [4.69, 9.17) is 4.74 Å². The molecule has 1 saturated heterocycles. The Kier molecular flexibility index (Phi) is 8.60. The molecule has 1 atom stereocenters. The molecular weight excluding hydrogens is 407 g/mol. The number of piperidine rings is 1. The van der Waals surface area contributed by atoms with Gasteiger partial charge in [-0.15, -0.1) is 24.0 Å². The summed E-state index contributed by atoms with van der Waals surface area (Å²) in [6.07, 6.45) is 4.36. The molecule has 0 amide bonds. The predicted octanol–water partition coefficient (Wildman–Crippen LogP) is 1.40. The first-order chi connectivity index (χ1) is 10.6. The maximum absolute atomic E-state index is 11.6. The van der Waals surface area contributed by atoms with Gasteiger partial charge in [0.15, 0.2) is 5.96 Å². The molecule has 1 heterocycles. The zero-order valence-electron chi connectivity index (χ0n) is 14.7. The van der Waals surface area contributed by atoms with E-state index in [1.54, 1.807) is 0 Å². The van der Waals surface area contributed by atoms with E-state index in [9.17, 15) is 4.79 Å². The number of carbonyl (C=O) groups excluding carboxylic acids is 1. The van der Waals surface area contributed by atoms with Gasteiger partial charge in [0.1, 0.15) is 0 Å². The number of likely N-dealkylation sites (tertiary alicyclic amines) is 1. The fourth-order valence-electron chi connectivity index (χ4n) is 3.27. The lowest BCUT2D eigenvalue weighted by Gasteiger charge is -2.34.